The van der Waals surface area contributed by atoms with E-state index in [2.05, 4.69) is 9.72 Å². The summed E-state index contributed by atoms with van der Waals surface area (Å²) in [6, 6.07) is 5.36. The third-order valence-corrected chi connectivity index (χ3v) is 3.22. The lowest BCUT2D eigenvalue weighted by Gasteiger charge is -1.98. The quantitative estimate of drug-likeness (QED) is 0.605. The summed E-state index contributed by atoms with van der Waals surface area (Å²) in [5.41, 5.74) is 2.36. The van der Waals surface area contributed by atoms with Crippen LogP contribution in [0.3, 0.4) is 0 Å². The SMILES string of the molecule is COC(=O)c1ccc2nc3sccn3c2c1. The third-order valence-electron chi connectivity index (χ3n) is 2.46. The zero-order valence-electron chi connectivity index (χ0n) is 8.51. The van der Waals surface area contributed by atoms with E-state index in [0.717, 1.165) is 16.0 Å². The van der Waals surface area contributed by atoms with E-state index >= 15 is 0 Å². The van der Waals surface area contributed by atoms with Crippen LogP contribution in [0.4, 0.5) is 0 Å². The normalized spacial score (nSPS) is 11.1. The summed E-state index contributed by atoms with van der Waals surface area (Å²) in [4.78, 5) is 16.8. The Balaban J connectivity index is 2.32. The lowest BCUT2D eigenvalue weighted by molar-refractivity contribution is 0.0601. The maximum Gasteiger partial charge on any atom is 0.337 e. The number of nitrogens with zero attached hydrogens (tertiary/aromatic N) is 2. The Labute approximate surface area is 95.1 Å². The summed E-state index contributed by atoms with van der Waals surface area (Å²) in [7, 11) is 1.38. The number of aromatic nitrogens is 2. The molecule has 5 heteroatoms. The van der Waals surface area contributed by atoms with Gasteiger partial charge in [0, 0.05) is 11.6 Å². The first-order chi connectivity index (χ1) is 7.79. The van der Waals surface area contributed by atoms with Crippen molar-refractivity contribution in [1.29, 1.82) is 0 Å². The smallest absolute Gasteiger partial charge is 0.337 e. The van der Waals surface area contributed by atoms with Crippen LogP contribution in [0.1, 0.15) is 10.4 Å². The van der Waals surface area contributed by atoms with Gasteiger partial charge in [0.1, 0.15) is 0 Å². The maximum absolute atomic E-state index is 11.4. The minimum atomic E-state index is -0.327. The van der Waals surface area contributed by atoms with Gasteiger partial charge in [-0.25, -0.2) is 9.78 Å². The number of ether oxygens (including phenoxy) is 1. The molecule has 0 aliphatic heterocycles. The molecule has 4 nitrogen and oxygen atoms in total. The monoisotopic (exact) mass is 232 g/mol. The van der Waals surface area contributed by atoms with Crippen molar-refractivity contribution in [3.05, 3.63) is 35.3 Å². The molecule has 0 saturated carbocycles. The van der Waals surface area contributed by atoms with Crippen molar-refractivity contribution in [1.82, 2.24) is 9.38 Å². The van der Waals surface area contributed by atoms with E-state index in [1.165, 1.54) is 7.11 Å². The molecule has 3 rings (SSSR count). The lowest BCUT2D eigenvalue weighted by atomic mass is 10.2. The molecule has 0 saturated heterocycles. The first-order valence-corrected chi connectivity index (χ1v) is 5.61. The molecular weight excluding hydrogens is 224 g/mol. The molecule has 1 aromatic carbocycles. The highest BCUT2D eigenvalue weighted by Gasteiger charge is 2.10. The molecule has 0 aliphatic carbocycles. The molecule has 3 aromatic rings. The second-order valence-corrected chi connectivity index (χ2v) is 4.24. The fraction of sp³-hybridized carbons (Fsp3) is 0.0909. The van der Waals surface area contributed by atoms with E-state index < -0.39 is 0 Å². The number of thiazole rings is 1. The van der Waals surface area contributed by atoms with Crippen LogP contribution >= 0.6 is 11.3 Å². The van der Waals surface area contributed by atoms with Crippen LogP contribution < -0.4 is 0 Å². The van der Waals surface area contributed by atoms with Gasteiger partial charge in [0.25, 0.3) is 0 Å². The number of hydrogen-bond donors (Lipinski definition) is 0. The maximum atomic E-state index is 11.4. The van der Waals surface area contributed by atoms with Crippen LogP contribution in [0.15, 0.2) is 29.8 Å². The largest absolute Gasteiger partial charge is 0.465 e. The van der Waals surface area contributed by atoms with Gasteiger partial charge in [-0.15, -0.1) is 11.3 Å². The molecule has 2 aromatic heterocycles. The van der Waals surface area contributed by atoms with Crippen molar-refractivity contribution in [2.45, 2.75) is 0 Å². The predicted molar refractivity (Wildman–Crippen MR) is 61.9 cm³/mol. The van der Waals surface area contributed by atoms with Gasteiger partial charge >= 0.3 is 5.97 Å². The van der Waals surface area contributed by atoms with E-state index in [0.29, 0.717) is 5.56 Å². The fourth-order valence-electron chi connectivity index (χ4n) is 1.70. The van der Waals surface area contributed by atoms with Gasteiger partial charge in [0.2, 0.25) is 0 Å². The highest BCUT2D eigenvalue weighted by molar-refractivity contribution is 7.15. The Kier molecular flexibility index (Phi) is 1.94. The lowest BCUT2D eigenvalue weighted by Crippen LogP contribution is -2.00. The number of carbonyl (C=O) groups excluding carboxylic acids is 1. The van der Waals surface area contributed by atoms with Gasteiger partial charge in [-0.3, -0.25) is 4.40 Å². The predicted octanol–water partition coefficient (Wildman–Crippen LogP) is 2.34. The second kappa shape index (κ2) is 3.31. The number of esters is 1. The average Bonchev–Trinajstić information content (AvgIpc) is 2.87. The molecule has 16 heavy (non-hydrogen) atoms. The molecule has 0 radical (unpaired) electrons. The first kappa shape index (κ1) is 9.35. The summed E-state index contributed by atoms with van der Waals surface area (Å²) in [6.45, 7) is 0. The van der Waals surface area contributed by atoms with Crippen LogP contribution in [-0.2, 0) is 4.74 Å². The number of imidazole rings is 1. The third kappa shape index (κ3) is 1.22. The van der Waals surface area contributed by atoms with E-state index in [4.69, 9.17) is 0 Å². The Morgan fingerprint density at radius 2 is 2.38 bits per heavy atom. The number of benzene rings is 1. The Morgan fingerprint density at radius 1 is 1.50 bits per heavy atom. The van der Waals surface area contributed by atoms with Crippen molar-refractivity contribution >= 4 is 33.3 Å². The molecule has 0 atom stereocenters. The number of hydrogen-bond acceptors (Lipinski definition) is 4. The molecule has 2 heterocycles. The van der Waals surface area contributed by atoms with Crippen molar-refractivity contribution < 1.29 is 9.53 Å². The number of methoxy groups -OCH3 is 1. The van der Waals surface area contributed by atoms with E-state index in [-0.39, 0.29) is 5.97 Å². The molecule has 0 amide bonds. The van der Waals surface area contributed by atoms with Gasteiger partial charge in [-0.1, -0.05) is 0 Å². The van der Waals surface area contributed by atoms with Gasteiger partial charge in [-0.2, -0.15) is 0 Å². The van der Waals surface area contributed by atoms with Crippen LogP contribution in [0.2, 0.25) is 0 Å². The molecule has 0 fully saturated rings. The highest BCUT2D eigenvalue weighted by Crippen LogP contribution is 2.21. The van der Waals surface area contributed by atoms with Crippen molar-refractivity contribution in [3.8, 4) is 0 Å². The van der Waals surface area contributed by atoms with Gasteiger partial charge in [-0.05, 0) is 18.2 Å². The zero-order chi connectivity index (χ0) is 11.1. The van der Waals surface area contributed by atoms with Gasteiger partial charge in [0.15, 0.2) is 4.96 Å². The molecule has 80 valence electrons. The standard InChI is InChI=1S/C11H8N2O2S/c1-15-10(14)7-2-3-8-9(6-7)13-4-5-16-11(13)12-8/h2-6H,1H3. The van der Waals surface area contributed by atoms with E-state index in [9.17, 15) is 4.79 Å². The number of rotatable bonds is 1. The summed E-state index contributed by atoms with van der Waals surface area (Å²) in [5, 5.41) is 1.96. The van der Waals surface area contributed by atoms with Crippen molar-refractivity contribution in [2.75, 3.05) is 7.11 Å². The minimum Gasteiger partial charge on any atom is -0.465 e. The summed E-state index contributed by atoms with van der Waals surface area (Å²) >= 11 is 1.57. The van der Waals surface area contributed by atoms with Crippen LogP contribution in [0, 0.1) is 0 Å². The second-order valence-electron chi connectivity index (χ2n) is 3.36. The van der Waals surface area contributed by atoms with Crippen molar-refractivity contribution in [2.24, 2.45) is 0 Å². The van der Waals surface area contributed by atoms with Crippen LogP contribution in [0.25, 0.3) is 16.0 Å². The molecule has 0 bridgehead atoms. The Bertz CT molecular complexity index is 683. The zero-order valence-corrected chi connectivity index (χ0v) is 9.32. The molecule has 0 spiro atoms. The van der Waals surface area contributed by atoms with Crippen LogP contribution in [-0.4, -0.2) is 22.5 Å². The highest BCUT2D eigenvalue weighted by atomic mass is 32.1. The molecule has 0 N–H and O–H groups in total. The van der Waals surface area contributed by atoms with E-state index in [1.54, 1.807) is 23.5 Å². The summed E-state index contributed by atoms with van der Waals surface area (Å²) in [6.07, 6.45) is 1.94. The molecule has 0 unspecified atom stereocenters. The summed E-state index contributed by atoms with van der Waals surface area (Å²) < 4.78 is 6.65. The minimum absolute atomic E-state index is 0.327. The number of fused-ring (bicyclic) bond motifs is 3. The Hall–Kier alpha value is -1.88. The number of carbonyl (C=O) groups is 1. The molecular formula is C11H8N2O2S. The molecule has 0 aliphatic rings. The first-order valence-electron chi connectivity index (χ1n) is 4.73. The topological polar surface area (TPSA) is 43.6 Å². The van der Waals surface area contributed by atoms with Crippen molar-refractivity contribution in [3.63, 3.8) is 0 Å². The van der Waals surface area contributed by atoms with Crippen LogP contribution in [0.5, 0.6) is 0 Å². The fourth-order valence-corrected chi connectivity index (χ4v) is 2.42. The van der Waals surface area contributed by atoms with Gasteiger partial charge in [0.05, 0.1) is 23.7 Å². The summed E-state index contributed by atoms with van der Waals surface area (Å²) in [5.74, 6) is -0.327. The Morgan fingerprint density at radius 3 is 3.19 bits per heavy atom. The van der Waals surface area contributed by atoms with E-state index in [1.807, 2.05) is 22.0 Å². The van der Waals surface area contributed by atoms with Gasteiger partial charge < -0.3 is 4.74 Å². The average molecular weight is 232 g/mol.